The minimum absolute atomic E-state index is 0.0909. The Morgan fingerprint density at radius 1 is 1.17 bits per heavy atom. The zero-order valence-corrected chi connectivity index (χ0v) is 16.9. The smallest absolute Gasteiger partial charge is 0.187 e. The van der Waals surface area contributed by atoms with Gasteiger partial charge in [0.1, 0.15) is 6.04 Å². The number of hydrogen-bond acceptors (Lipinski definition) is 2. The molecule has 0 N–H and O–H groups in total. The fourth-order valence-corrected chi connectivity index (χ4v) is 4.41. The van der Waals surface area contributed by atoms with Gasteiger partial charge in [0.25, 0.3) is 0 Å². The summed E-state index contributed by atoms with van der Waals surface area (Å²) in [7, 11) is 0. The van der Waals surface area contributed by atoms with Crippen molar-refractivity contribution in [2.24, 2.45) is 0 Å². The van der Waals surface area contributed by atoms with Crippen molar-refractivity contribution in [2.75, 3.05) is 0 Å². The molecule has 1 aliphatic carbocycles. The van der Waals surface area contributed by atoms with Gasteiger partial charge in [-0.3, -0.25) is 9.48 Å². The quantitative estimate of drug-likeness (QED) is 0.454. The van der Waals surface area contributed by atoms with E-state index in [1.807, 2.05) is 29.1 Å². The molecule has 5 heteroatoms. The maximum absolute atomic E-state index is 13.1. The Balaban J connectivity index is 1.50. The third kappa shape index (κ3) is 3.14. The molecule has 2 unspecified atom stereocenters. The number of Topliss-reactive ketones (excluding diaryl/α,β-unsaturated/α-hetero) is 1. The number of aryl methyl sites for hydroxylation is 1. The summed E-state index contributed by atoms with van der Waals surface area (Å²) in [6.45, 7) is 2.18. The Labute approximate surface area is 174 Å². The molecule has 4 aromatic rings. The third-order valence-corrected chi connectivity index (χ3v) is 6.14. The summed E-state index contributed by atoms with van der Waals surface area (Å²) in [6.07, 6.45) is 7.62. The molecule has 0 amide bonds. The number of rotatable bonds is 3. The van der Waals surface area contributed by atoms with Crippen molar-refractivity contribution in [1.82, 2.24) is 9.78 Å². The number of fused-ring (bicyclic) bond motifs is 2. The molecule has 2 atom stereocenters. The van der Waals surface area contributed by atoms with Crippen molar-refractivity contribution in [3.63, 3.8) is 0 Å². The van der Waals surface area contributed by atoms with Crippen LogP contribution >= 0.6 is 11.6 Å². The normalized spacial score (nSPS) is 17.3. The number of pyridine rings is 1. The van der Waals surface area contributed by atoms with E-state index in [-0.39, 0.29) is 17.9 Å². The van der Waals surface area contributed by atoms with Gasteiger partial charge in [0.05, 0.1) is 17.1 Å². The molecule has 0 bridgehead atoms. The highest BCUT2D eigenvalue weighted by Gasteiger charge is 2.31. The standard InChI is InChI=1S/C24H21ClN3O/c1-16(17-5-3-2-4-6-17)27-12-11-22-19(15-27)14-26-28(22)23-10-8-18-7-9-20(25)13-21(18)24(23)29/h2-7,9,11-16,23H,8,10H2,1H3/q+1. The molecule has 2 heterocycles. The number of ketones is 1. The number of hydrogen-bond donors (Lipinski definition) is 0. The van der Waals surface area contributed by atoms with Crippen LogP contribution in [0.5, 0.6) is 0 Å². The van der Waals surface area contributed by atoms with Gasteiger partial charge >= 0.3 is 0 Å². The molecule has 1 aliphatic rings. The Morgan fingerprint density at radius 2 is 2.00 bits per heavy atom. The Kier molecular flexibility index (Phi) is 4.44. The summed E-state index contributed by atoms with van der Waals surface area (Å²) in [4.78, 5) is 13.1. The molecule has 2 aromatic carbocycles. The van der Waals surface area contributed by atoms with Crippen molar-refractivity contribution in [3.8, 4) is 0 Å². The molecule has 144 valence electrons. The van der Waals surface area contributed by atoms with E-state index in [2.05, 4.69) is 59.3 Å². The van der Waals surface area contributed by atoms with Gasteiger partial charge in [0, 0.05) is 29.1 Å². The fraction of sp³-hybridized carbons (Fsp3) is 0.208. The Bertz CT molecular complexity index is 1220. The third-order valence-electron chi connectivity index (χ3n) is 5.91. The average Bonchev–Trinajstić information content (AvgIpc) is 3.17. The summed E-state index contributed by atoms with van der Waals surface area (Å²) >= 11 is 6.13. The molecule has 0 spiro atoms. The first-order chi connectivity index (χ1) is 14.1. The lowest BCUT2D eigenvalue weighted by Crippen LogP contribution is -2.37. The zero-order valence-electron chi connectivity index (χ0n) is 16.1. The van der Waals surface area contributed by atoms with Gasteiger partial charge in [-0.15, -0.1) is 0 Å². The van der Waals surface area contributed by atoms with Crippen molar-refractivity contribution in [3.05, 3.63) is 94.9 Å². The summed E-state index contributed by atoms with van der Waals surface area (Å²) in [6, 6.07) is 18.0. The van der Waals surface area contributed by atoms with Gasteiger partial charge in [0.15, 0.2) is 24.2 Å². The lowest BCUT2D eigenvalue weighted by atomic mass is 9.87. The topological polar surface area (TPSA) is 38.8 Å². The molecule has 0 saturated carbocycles. The summed E-state index contributed by atoms with van der Waals surface area (Å²) in [5, 5.41) is 6.21. The second kappa shape index (κ2) is 7.12. The van der Waals surface area contributed by atoms with Crippen LogP contribution < -0.4 is 4.57 Å². The number of carbonyl (C=O) groups excluding carboxylic acids is 1. The van der Waals surface area contributed by atoms with Gasteiger partial charge in [0.2, 0.25) is 0 Å². The van der Waals surface area contributed by atoms with E-state index in [1.165, 1.54) is 5.56 Å². The van der Waals surface area contributed by atoms with Gasteiger partial charge in [-0.05, 0) is 30.5 Å². The van der Waals surface area contributed by atoms with Gasteiger partial charge in [-0.2, -0.15) is 9.67 Å². The van der Waals surface area contributed by atoms with E-state index in [9.17, 15) is 4.79 Å². The highest BCUT2D eigenvalue weighted by Crippen LogP contribution is 2.32. The summed E-state index contributed by atoms with van der Waals surface area (Å²) in [5.41, 5.74) is 4.02. The van der Waals surface area contributed by atoms with Crippen LogP contribution in [-0.4, -0.2) is 15.6 Å². The molecular weight excluding hydrogens is 382 g/mol. The molecule has 0 fully saturated rings. The Morgan fingerprint density at radius 3 is 2.83 bits per heavy atom. The van der Waals surface area contributed by atoms with E-state index < -0.39 is 0 Å². The minimum atomic E-state index is -0.291. The summed E-state index contributed by atoms with van der Waals surface area (Å²) < 4.78 is 4.06. The second-order valence-corrected chi connectivity index (χ2v) is 8.07. The van der Waals surface area contributed by atoms with E-state index in [0.29, 0.717) is 5.02 Å². The van der Waals surface area contributed by atoms with Crippen LogP contribution in [0, 0.1) is 0 Å². The molecule has 5 rings (SSSR count). The first kappa shape index (κ1) is 18.1. The lowest BCUT2D eigenvalue weighted by molar-refractivity contribution is -0.709. The number of carbonyl (C=O) groups is 1. The lowest BCUT2D eigenvalue weighted by Gasteiger charge is -2.24. The fourth-order valence-electron chi connectivity index (χ4n) is 4.24. The van der Waals surface area contributed by atoms with Gasteiger partial charge < -0.3 is 0 Å². The zero-order chi connectivity index (χ0) is 20.0. The van der Waals surface area contributed by atoms with Crippen molar-refractivity contribution < 1.29 is 9.36 Å². The molecule has 29 heavy (non-hydrogen) atoms. The van der Waals surface area contributed by atoms with Crippen LogP contribution in [-0.2, 0) is 6.42 Å². The number of nitrogens with zero attached hydrogens (tertiary/aromatic N) is 3. The van der Waals surface area contributed by atoms with E-state index in [1.54, 1.807) is 6.07 Å². The van der Waals surface area contributed by atoms with Crippen LogP contribution in [0.2, 0.25) is 5.02 Å². The van der Waals surface area contributed by atoms with Crippen molar-refractivity contribution >= 4 is 28.3 Å². The number of benzene rings is 2. The van der Waals surface area contributed by atoms with E-state index in [4.69, 9.17) is 11.6 Å². The van der Waals surface area contributed by atoms with E-state index >= 15 is 0 Å². The SMILES string of the molecule is CC(c1ccccc1)[n+]1ccc2c(cnn2C2CCc3ccc(Cl)cc3C2=O)c1. The van der Waals surface area contributed by atoms with Crippen LogP contribution in [0.25, 0.3) is 10.9 Å². The van der Waals surface area contributed by atoms with Crippen LogP contribution in [0.15, 0.2) is 73.2 Å². The average molecular weight is 403 g/mol. The molecule has 0 saturated heterocycles. The molecule has 0 radical (unpaired) electrons. The second-order valence-electron chi connectivity index (χ2n) is 7.63. The van der Waals surface area contributed by atoms with Crippen molar-refractivity contribution in [2.45, 2.75) is 31.8 Å². The first-order valence-corrected chi connectivity index (χ1v) is 10.3. The molecular formula is C24H21ClN3O+. The monoisotopic (exact) mass is 402 g/mol. The summed E-state index contributed by atoms with van der Waals surface area (Å²) in [5.74, 6) is 0.0909. The van der Waals surface area contributed by atoms with Crippen molar-refractivity contribution in [1.29, 1.82) is 0 Å². The first-order valence-electron chi connectivity index (χ1n) is 9.87. The minimum Gasteiger partial charge on any atom is -0.292 e. The van der Waals surface area contributed by atoms with Gasteiger partial charge in [-0.1, -0.05) is 48.0 Å². The van der Waals surface area contributed by atoms with Crippen LogP contribution in [0.3, 0.4) is 0 Å². The van der Waals surface area contributed by atoms with E-state index in [0.717, 1.165) is 34.9 Å². The maximum atomic E-state index is 13.1. The van der Waals surface area contributed by atoms with Crippen LogP contribution in [0.1, 0.15) is 46.9 Å². The van der Waals surface area contributed by atoms with Crippen LogP contribution in [0.4, 0.5) is 0 Å². The number of aromatic nitrogens is 3. The van der Waals surface area contributed by atoms with Gasteiger partial charge in [-0.25, -0.2) is 0 Å². The highest BCUT2D eigenvalue weighted by molar-refractivity contribution is 6.31. The maximum Gasteiger partial charge on any atom is 0.187 e. The Hall–Kier alpha value is -2.98. The predicted molar refractivity (Wildman–Crippen MR) is 113 cm³/mol. The molecule has 4 nitrogen and oxygen atoms in total. The molecule has 2 aromatic heterocycles. The number of halogens is 1. The largest absolute Gasteiger partial charge is 0.292 e. The molecule has 0 aliphatic heterocycles. The highest BCUT2D eigenvalue weighted by atomic mass is 35.5. The predicted octanol–water partition coefficient (Wildman–Crippen LogP) is 4.96.